The quantitative estimate of drug-likeness (QED) is 0.791. The Morgan fingerprint density at radius 2 is 1.85 bits per heavy atom. The number of methoxy groups -OCH3 is 1. The van der Waals surface area contributed by atoms with Gasteiger partial charge in [-0.05, 0) is 36.1 Å². The maximum Gasteiger partial charge on any atom is 0.119 e. The minimum Gasteiger partial charge on any atom is -0.497 e. The number of nitrogens with zero attached hydrogens (tertiary/aromatic N) is 2. The van der Waals surface area contributed by atoms with Crippen LogP contribution in [0.5, 0.6) is 5.75 Å². The molecular weight excluding hydrogens is 324 g/mol. The summed E-state index contributed by atoms with van der Waals surface area (Å²) in [5, 5.41) is 9.51. The molecule has 0 bridgehead atoms. The molecule has 26 heavy (non-hydrogen) atoms. The monoisotopic (exact) mass is 354 g/mol. The lowest BCUT2D eigenvalue weighted by atomic mass is 10.1. The molecule has 0 aromatic heterocycles. The second-order valence-electron chi connectivity index (χ2n) is 7.02. The van der Waals surface area contributed by atoms with Crippen LogP contribution in [0.15, 0.2) is 54.6 Å². The third kappa shape index (κ3) is 5.31. The van der Waals surface area contributed by atoms with Gasteiger partial charge in [-0.2, -0.15) is 0 Å². The van der Waals surface area contributed by atoms with Crippen molar-refractivity contribution >= 4 is 0 Å². The minimum absolute atomic E-state index is 0.242. The fourth-order valence-corrected chi connectivity index (χ4v) is 3.73. The van der Waals surface area contributed by atoms with Crippen LogP contribution in [0.25, 0.3) is 0 Å². The van der Waals surface area contributed by atoms with Crippen LogP contribution in [0.1, 0.15) is 17.5 Å². The Morgan fingerprint density at radius 1 is 1.04 bits per heavy atom. The normalized spacial score (nSPS) is 18.8. The van der Waals surface area contributed by atoms with Crippen molar-refractivity contribution in [2.24, 2.45) is 0 Å². The molecule has 4 nitrogen and oxygen atoms in total. The first-order chi connectivity index (χ1) is 12.8. The van der Waals surface area contributed by atoms with E-state index >= 15 is 0 Å². The highest BCUT2D eigenvalue weighted by Gasteiger charge is 2.26. The summed E-state index contributed by atoms with van der Waals surface area (Å²) >= 11 is 0. The standard InChI is InChI=1S/C22H30N2O2/c1-26-22-9-5-8-20(16-22)17-24-14-13-23(18-21(24)11-15-25)12-10-19-6-3-2-4-7-19/h2-9,16,21,25H,10-15,17-18H2,1H3/t21-/m0/s1. The maximum absolute atomic E-state index is 9.51. The summed E-state index contributed by atoms with van der Waals surface area (Å²) in [6, 6.07) is 19.4. The largest absolute Gasteiger partial charge is 0.497 e. The van der Waals surface area contributed by atoms with Gasteiger partial charge in [0.05, 0.1) is 7.11 Å². The molecule has 1 aliphatic heterocycles. The highest BCUT2D eigenvalue weighted by Crippen LogP contribution is 2.19. The molecule has 2 aromatic carbocycles. The van der Waals surface area contributed by atoms with E-state index in [1.165, 1.54) is 11.1 Å². The van der Waals surface area contributed by atoms with Gasteiger partial charge in [0.2, 0.25) is 0 Å². The van der Waals surface area contributed by atoms with Crippen molar-refractivity contribution in [3.63, 3.8) is 0 Å². The lowest BCUT2D eigenvalue weighted by Crippen LogP contribution is -2.53. The van der Waals surface area contributed by atoms with E-state index in [-0.39, 0.29) is 6.61 Å². The summed E-state index contributed by atoms with van der Waals surface area (Å²) < 4.78 is 5.34. The van der Waals surface area contributed by atoms with E-state index in [9.17, 15) is 5.11 Å². The summed E-state index contributed by atoms with van der Waals surface area (Å²) in [5.41, 5.74) is 2.66. The lowest BCUT2D eigenvalue weighted by molar-refractivity contribution is 0.0543. The van der Waals surface area contributed by atoms with Gasteiger partial charge in [-0.1, -0.05) is 42.5 Å². The van der Waals surface area contributed by atoms with Gasteiger partial charge in [-0.25, -0.2) is 0 Å². The molecule has 1 aliphatic rings. The van der Waals surface area contributed by atoms with Crippen molar-refractivity contribution in [2.45, 2.75) is 25.4 Å². The van der Waals surface area contributed by atoms with Crippen molar-refractivity contribution in [2.75, 3.05) is 39.9 Å². The molecule has 0 aliphatic carbocycles. The smallest absolute Gasteiger partial charge is 0.119 e. The zero-order valence-corrected chi connectivity index (χ0v) is 15.7. The number of rotatable bonds is 8. The van der Waals surface area contributed by atoms with Crippen LogP contribution in [-0.2, 0) is 13.0 Å². The van der Waals surface area contributed by atoms with Crippen LogP contribution in [0.3, 0.4) is 0 Å². The van der Waals surface area contributed by atoms with Crippen LogP contribution < -0.4 is 4.74 Å². The van der Waals surface area contributed by atoms with Crippen LogP contribution in [0.4, 0.5) is 0 Å². The van der Waals surface area contributed by atoms with Gasteiger partial charge in [-0.15, -0.1) is 0 Å². The van der Waals surface area contributed by atoms with Gasteiger partial charge in [0.1, 0.15) is 5.75 Å². The molecule has 1 fully saturated rings. The molecule has 0 saturated carbocycles. The predicted octanol–water partition coefficient (Wildman–Crippen LogP) is 2.81. The topological polar surface area (TPSA) is 35.9 Å². The Bertz CT molecular complexity index is 662. The summed E-state index contributed by atoms with van der Waals surface area (Å²) in [5.74, 6) is 0.905. The zero-order chi connectivity index (χ0) is 18.2. The lowest BCUT2D eigenvalue weighted by Gasteiger charge is -2.41. The summed E-state index contributed by atoms with van der Waals surface area (Å²) in [6.07, 6.45) is 1.91. The Labute approximate surface area is 157 Å². The van der Waals surface area contributed by atoms with Crippen molar-refractivity contribution in [1.82, 2.24) is 9.80 Å². The van der Waals surface area contributed by atoms with E-state index in [0.29, 0.717) is 6.04 Å². The van der Waals surface area contributed by atoms with Crippen molar-refractivity contribution < 1.29 is 9.84 Å². The molecule has 0 amide bonds. The molecule has 0 spiro atoms. The Balaban J connectivity index is 1.57. The van der Waals surface area contributed by atoms with E-state index in [1.807, 2.05) is 12.1 Å². The molecule has 0 unspecified atom stereocenters. The number of benzene rings is 2. The molecule has 1 heterocycles. The number of aliphatic hydroxyl groups excluding tert-OH is 1. The SMILES string of the molecule is COc1cccc(CN2CCN(CCc3ccccc3)C[C@@H]2CCO)c1. The first kappa shape index (κ1) is 18.9. The van der Waals surface area contributed by atoms with Crippen LogP contribution in [0.2, 0.25) is 0 Å². The molecule has 4 heteroatoms. The summed E-state index contributed by atoms with van der Waals surface area (Å²) in [7, 11) is 1.71. The summed E-state index contributed by atoms with van der Waals surface area (Å²) in [4.78, 5) is 5.04. The fourth-order valence-electron chi connectivity index (χ4n) is 3.73. The zero-order valence-electron chi connectivity index (χ0n) is 15.7. The molecule has 1 atom stereocenters. The molecule has 140 valence electrons. The Morgan fingerprint density at radius 3 is 2.62 bits per heavy atom. The molecule has 1 N–H and O–H groups in total. The van der Waals surface area contributed by atoms with Gasteiger partial charge in [0.25, 0.3) is 0 Å². The molecule has 2 aromatic rings. The minimum atomic E-state index is 0.242. The van der Waals surface area contributed by atoms with Gasteiger partial charge < -0.3 is 14.7 Å². The second-order valence-corrected chi connectivity index (χ2v) is 7.02. The van der Waals surface area contributed by atoms with Gasteiger partial charge in [0, 0.05) is 45.4 Å². The maximum atomic E-state index is 9.51. The number of hydrogen-bond acceptors (Lipinski definition) is 4. The van der Waals surface area contributed by atoms with Crippen molar-refractivity contribution in [1.29, 1.82) is 0 Å². The van der Waals surface area contributed by atoms with E-state index in [1.54, 1.807) is 7.11 Å². The average molecular weight is 354 g/mol. The first-order valence-corrected chi connectivity index (χ1v) is 9.52. The highest BCUT2D eigenvalue weighted by atomic mass is 16.5. The average Bonchev–Trinajstić information content (AvgIpc) is 2.69. The predicted molar refractivity (Wildman–Crippen MR) is 105 cm³/mol. The molecule has 3 rings (SSSR count). The Kier molecular flexibility index (Phi) is 7.06. The third-order valence-corrected chi connectivity index (χ3v) is 5.23. The van der Waals surface area contributed by atoms with Gasteiger partial charge in [-0.3, -0.25) is 4.90 Å². The van der Waals surface area contributed by atoms with Crippen LogP contribution in [-0.4, -0.2) is 60.8 Å². The molecule has 1 saturated heterocycles. The van der Waals surface area contributed by atoms with E-state index in [4.69, 9.17) is 4.74 Å². The van der Waals surface area contributed by atoms with Crippen molar-refractivity contribution in [3.8, 4) is 5.75 Å². The molecule has 0 radical (unpaired) electrons. The van der Waals surface area contributed by atoms with Gasteiger partial charge >= 0.3 is 0 Å². The van der Waals surface area contributed by atoms with Crippen LogP contribution in [0, 0.1) is 0 Å². The number of aliphatic hydroxyl groups is 1. The molecular formula is C22H30N2O2. The Hall–Kier alpha value is -1.88. The van der Waals surface area contributed by atoms with E-state index in [2.05, 4.69) is 52.3 Å². The van der Waals surface area contributed by atoms with Crippen LogP contribution >= 0.6 is 0 Å². The summed E-state index contributed by atoms with van der Waals surface area (Å²) in [6.45, 7) is 5.38. The van der Waals surface area contributed by atoms with E-state index in [0.717, 1.165) is 51.3 Å². The third-order valence-electron chi connectivity index (χ3n) is 5.23. The number of hydrogen-bond donors (Lipinski definition) is 1. The first-order valence-electron chi connectivity index (χ1n) is 9.52. The van der Waals surface area contributed by atoms with Gasteiger partial charge in [0.15, 0.2) is 0 Å². The number of piperazine rings is 1. The van der Waals surface area contributed by atoms with E-state index < -0.39 is 0 Å². The second kappa shape index (κ2) is 9.72. The highest BCUT2D eigenvalue weighted by molar-refractivity contribution is 5.28. The fraction of sp³-hybridized carbons (Fsp3) is 0.455. The number of ether oxygens (including phenoxy) is 1. The van der Waals surface area contributed by atoms with Crippen molar-refractivity contribution in [3.05, 3.63) is 65.7 Å².